The van der Waals surface area contributed by atoms with Gasteiger partial charge in [-0.15, -0.1) is 0 Å². The summed E-state index contributed by atoms with van der Waals surface area (Å²) in [5.41, 5.74) is 5.13. The van der Waals surface area contributed by atoms with Gasteiger partial charge in [0.25, 0.3) is 0 Å². The van der Waals surface area contributed by atoms with Crippen LogP contribution in [0.3, 0.4) is 0 Å². The summed E-state index contributed by atoms with van der Waals surface area (Å²) in [5.74, 6) is -0.183. The van der Waals surface area contributed by atoms with E-state index in [2.05, 4.69) is 63.6 Å². The molecule has 0 amide bonds. The normalized spacial score (nSPS) is 12.7. The second-order valence-corrected chi connectivity index (χ2v) is 8.67. The highest BCUT2D eigenvalue weighted by atomic mass is 19.1. The van der Waals surface area contributed by atoms with Crippen LogP contribution in [0.25, 0.3) is 5.57 Å². The fourth-order valence-electron chi connectivity index (χ4n) is 2.99. The quantitative estimate of drug-likeness (QED) is 0.508. The van der Waals surface area contributed by atoms with Gasteiger partial charge in [0.1, 0.15) is 5.82 Å². The van der Waals surface area contributed by atoms with Gasteiger partial charge in [0.2, 0.25) is 0 Å². The third-order valence-electron chi connectivity index (χ3n) is 4.71. The number of nitrogens with zero attached hydrogens (tertiary/aromatic N) is 2. The van der Waals surface area contributed by atoms with Crippen molar-refractivity contribution in [2.75, 3.05) is 21.1 Å². The Morgan fingerprint density at radius 3 is 1.93 bits per heavy atom. The first kappa shape index (κ1) is 26.1. The fourth-order valence-corrected chi connectivity index (χ4v) is 2.99. The summed E-state index contributed by atoms with van der Waals surface area (Å²) in [4.78, 5) is 4.46. The van der Waals surface area contributed by atoms with E-state index in [1.165, 1.54) is 30.4 Å². The molecule has 0 N–H and O–H groups in total. The Hall–Kier alpha value is -1.97. The average Bonchev–Trinajstić information content (AvgIpc) is 3.49. The van der Waals surface area contributed by atoms with Crippen molar-refractivity contribution in [1.29, 1.82) is 0 Å². The van der Waals surface area contributed by atoms with Crippen molar-refractivity contribution >= 4 is 5.57 Å². The van der Waals surface area contributed by atoms with Crippen molar-refractivity contribution in [2.45, 2.75) is 66.1 Å². The van der Waals surface area contributed by atoms with Crippen LogP contribution in [0.5, 0.6) is 0 Å². The third-order valence-corrected chi connectivity index (χ3v) is 4.71. The predicted octanol–water partition coefficient (Wildman–Crippen LogP) is 6.93. The SMILES string of the molecule is C=C(C)c1ccc(CN(C)C)cc1F.CCC.Cc1ccc(CN(C)C2CC2)cc1. The Bertz CT molecular complexity index is 761. The van der Waals surface area contributed by atoms with Gasteiger partial charge in [-0.25, -0.2) is 4.39 Å². The molecule has 0 saturated heterocycles. The summed E-state index contributed by atoms with van der Waals surface area (Å²) in [5, 5.41) is 0. The molecule has 0 bridgehead atoms. The zero-order valence-corrected chi connectivity index (χ0v) is 20.1. The molecule has 1 aliphatic carbocycles. The van der Waals surface area contributed by atoms with Gasteiger partial charge in [-0.2, -0.15) is 0 Å². The van der Waals surface area contributed by atoms with E-state index in [-0.39, 0.29) is 5.82 Å². The summed E-state index contributed by atoms with van der Waals surface area (Å²) in [6.07, 6.45) is 4.03. The van der Waals surface area contributed by atoms with Gasteiger partial charge in [0, 0.05) is 24.7 Å². The standard InChI is InChI=1S/C12H16FN.C12H17N.C3H8/c1-9(2)11-6-5-10(7-12(11)13)8-14(3)4;1-10-3-5-11(6-4-10)9-13(2)12-7-8-12;1-3-2/h5-7H,1,8H2,2-4H3;3-6,12H,7-9H2,1-2H3;3H2,1-2H3. The predicted molar refractivity (Wildman–Crippen MR) is 130 cm³/mol. The molecule has 0 aliphatic heterocycles. The van der Waals surface area contributed by atoms with Crippen LogP contribution in [-0.4, -0.2) is 37.0 Å². The first-order valence-electron chi connectivity index (χ1n) is 11.0. The lowest BCUT2D eigenvalue weighted by molar-refractivity contribution is 0.316. The lowest BCUT2D eigenvalue weighted by Crippen LogP contribution is -2.19. The maximum absolute atomic E-state index is 13.5. The topological polar surface area (TPSA) is 6.48 Å². The first-order chi connectivity index (χ1) is 14.2. The van der Waals surface area contributed by atoms with Crippen LogP contribution in [0.1, 0.15) is 62.3 Å². The van der Waals surface area contributed by atoms with Gasteiger partial charge in [0.05, 0.1) is 0 Å². The monoisotopic (exact) mass is 412 g/mol. The van der Waals surface area contributed by atoms with E-state index in [4.69, 9.17) is 0 Å². The van der Waals surface area contributed by atoms with Crippen LogP contribution < -0.4 is 0 Å². The molecule has 3 heteroatoms. The van der Waals surface area contributed by atoms with Crippen molar-refractivity contribution in [3.8, 4) is 0 Å². The zero-order valence-electron chi connectivity index (χ0n) is 20.1. The fraction of sp³-hybridized carbons (Fsp3) is 0.481. The van der Waals surface area contributed by atoms with E-state index in [1.807, 2.05) is 32.0 Å². The van der Waals surface area contributed by atoms with E-state index in [0.717, 1.165) is 30.3 Å². The summed E-state index contributed by atoms with van der Waals surface area (Å²) < 4.78 is 13.5. The van der Waals surface area contributed by atoms with Gasteiger partial charge < -0.3 is 4.90 Å². The Balaban J connectivity index is 0.000000266. The van der Waals surface area contributed by atoms with Crippen LogP contribution in [0.15, 0.2) is 49.0 Å². The second kappa shape index (κ2) is 13.4. The van der Waals surface area contributed by atoms with Crippen LogP contribution in [-0.2, 0) is 13.1 Å². The number of benzene rings is 2. The highest BCUT2D eigenvalue weighted by Gasteiger charge is 2.25. The van der Waals surface area contributed by atoms with Crippen LogP contribution in [0.4, 0.5) is 4.39 Å². The van der Waals surface area contributed by atoms with Crippen LogP contribution in [0.2, 0.25) is 0 Å². The van der Waals surface area contributed by atoms with Crippen molar-refractivity contribution in [2.24, 2.45) is 0 Å². The van der Waals surface area contributed by atoms with Gasteiger partial charge in [0.15, 0.2) is 0 Å². The smallest absolute Gasteiger partial charge is 0.130 e. The lowest BCUT2D eigenvalue weighted by atomic mass is 10.1. The molecule has 1 saturated carbocycles. The Morgan fingerprint density at radius 1 is 0.967 bits per heavy atom. The van der Waals surface area contributed by atoms with Crippen LogP contribution in [0, 0.1) is 12.7 Å². The molecule has 1 fully saturated rings. The molecule has 3 rings (SSSR count). The second-order valence-electron chi connectivity index (χ2n) is 8.67. The molecule has 0 aromatic heterocycles. The molecule has 0 unspecified atom stereocenters. The Morgan fingerprint density at radius 2 is 1.50 bits per heavy atom. The third kappa shape index (κ3) is 10.2. The summed E-state index contributed by atoms with van der Waals surface area (Å²) in [6, 6.07) is 15.0. The van der Waals surface area contributed by atoms with E-state index < -0.39 is 0 Å². The van der Waals surface area contributed by atoms with Crippen molar-refractivity contribution in [3.63, 3.8) is 0 Å². The molecule has 1 aliphatic rings. The molecule has 0 heterocycles. The molecule has 2 aromatic carbocycles. The molecule has 0 spiro atoms. The van der Waals surface area contributed by atoms with Gasteiger partial charge in [-0.1, -0.05) is 68.8 Å². The number of rotatable bonds is 6. The van der Waals surface area contributed by atoms with E-state index in [9.17, 15) is 4.39 Å². The van der Waals surface area contributed by atoms with Crippen LogP contribution >= 0.6 is 0 Å². The van der Waals surface area contributed by atoms with Crippen molar-refractivity contribution in [3.05, 3.63) is 77.1 Å². The summed E-state index contributed by atoms with van der Waals surface area (Å²) >= 11 is 0. The van der Waals surface area contributed by atoms with Gasteiger partial charge >= 0.3 is 0 Å². The molecule has 0 atom stereocenters. The Kier molecular flexibility index (Phi) is 11.6. The van der Waals surface area contributed by atoms with E-state index in [1.54, 1.807) is 12.1 Å². The maximum atomic E-state index is 13.5. The van der Waals surface area contributed by atoms with Gasteiger partial charge in [-0.3, -0.25) is 4.90 Å². The minimum Gasteiger partial charge on any atom is -0.305 e. The number of aryl methyl sites for hydroxylation is 1. The zero-order chi connectivity index (χ0) is 22.7. The number of halogens is 1. The molecular formula is C27H41FN2. The first-order valence-corrected chi connectivity index (χ1v) is 11.0. The number of hydrogen-bond donors (Lipinski definition) is 0. The number of allylic oxidation sites excluding steroid dienone is 1. The minimum absolute atomic E-state index is 0.183. The molecule has 2 nitrogen and oxygen atoms in total. The average molecular weight is 413 g/mol. The van der Waals surface area contributed by atoms with Gasteiger partial charge in [-0.05, 0) is 70.6 Å². The molecule has 0 radical (unpaired) electrons. The maximum Gasteiger partial charge on any atom is 0.130 e. The lowest BCUT2D eigenvalue weighted by Gasteiger charge is -2.15. The largest absolute Gasteiger partial charge is 0.305 e. The number of hydrogen-bond acceptors (Lipinski definition) is 2. The molecule has 30 heavy (non-hydrogen) atoms. The molecule has 2 aromatic rings. The van der Waals surface area contributed by atoms with E-state index in [0.29, 0.717) is 5.56 Å². The minimum atomic E-state index is -0.183. The highest BCUT2D eigenvalue weighted by molar-refractivity contribution is 5.62. The van der Waals surface area contributed by atoms with Crippen molar-refractivity contribution < 1.29 is 4.39 Å². The summed E-state index contributed by atoms with van der Waals surface area (Å²) in [6.45, 7) is 13.8. The molecular weight excluding hydrogens is 371 g/mol. The summed E-state index contributed by atoms with van der Waals surface area (Å²) in [7, 11) is 6.15. The Labute approximate surface area is 184 Å². The highest BCUT2D eigenvalue weighted by Crippen LogP contribution is 2.26. The van der Waals surface area contributed by atoms with E-state index >= 15 is 0 Å². The molecule has 166 valence electrons. The van der Waals surface area contributed by atoms with Crippen molar-refractivity contribution in [1.82, 2.24) is 9.80 Å².